The van der Waals surface area contributed by atoms with Gasteiger partial charge in [-0.1, -0.05) is 25.0 Å². The molecule has 1 N–H and O–H groups in total. The van der Waals surface area contributed by atoms with Gasteiger partial charge >= 0.3 is 6.61 Å². The molecule has 1 aliphatic rings. The molecule has 0 amide bonds. The molecule has 106 valence electrons. The van der Waals surface area contributed by atoms with E-state index in [0.29, 0.717) is 6.04 Å². The molecule has 4 heteroatoms. The summed E-state index contributed by atoms with van der Waals surface area (Å²) in [6.45, 7) is -1.63. The Balaban J connectivity index is 1.78. The monoisotopic (exact) mass is 269 g/mol. The maximum absolute atomic E-state index is 12.0. The highest BCUT2D eigenvalue weighted by molar-refractivity contribution is 5.27. The Morgan fingerprint density at radius 2 is 1.95 bits per heavy atom. The average molecular weight is 269 g/mol. The van der Waals surface area contributed by atoms with Crippen LogP contribution in [0.5, 0.6) is 5.75 Å². The van der Waals surface area contributed by atoms with Crippen molar-refractivity contribution in [3.05, 3.63) is 29.8 Å². The Bertz CT molecular complexity index is 359. The Morgan fingerprint density at radius 3 is 2.68 bits per heavy atom. The van der Waals surface area contributed by atoms with Crippen LogP contribution in [0.2, 0.25) is 0 Å². The minimum Gasteiger partial charge on any atom is -0.435 e. The summed E-state index contributed by atoms with van der Waals surface area (Å²) >= 11 is 0. The maximum Gasteiger partial charge on any atom is 0.387 e. The molecule has 0 spiro atoms. The highest BCUT2D eigenvalue weighted by atomic mass is 19.3. The van der Waals surface area contributed by atoms with Gasteiger partial charge in [-0.3, -0.25) is 0 Å². The van der Waals surface area contributed by atoms with Gasteiger partial charge < -0.3 is 10.1 Å². The smallest absolute Gasteiger partial charge is 0.387 e. The van der Waals surface area contributed by atoms with Crippen LogP contribution >= 0.6 is 0 Å². The molecule has 1 aromatic rings. The van der Waals surface area contributed by atoms with Crippen molar-refractivity contribution in [1.82, 2.24) is 5.32 Å². The van der Waals surface area contributed by atoms with Gasteiger partial charge in [0.2, 0.25) is 0 Å². The van der Waals surface area contributed by atoms with Crippen LogP contribution in [0.3, 0.4) is 0 Å². The molecule has 1 heterocycles. The van der Waals surface area contributed by atoms with Crippen LogP contribution in [0.4, 0.5) is 8.78 Å². The first-order chi connectivity index (χ1) is 9.24. The van der Waals surface area contributed by atoms with Crippen LogP contribution in [0.1, 0.15) is 37.7 Å². The van der Waals surface area contributed by atoms with E-state index < -0.39 is 6.61 Å². The number of ether oxygens (including phenoxy) is 1. The fourth-order valence-corrected chi connectivity index (χ4v) is 2.53. The molecule has 0 radical (unpaired) electrons. The van der Waals surface area contributed by atoms with Crippen LogP contribution in [0.25, 0.3) is 0 Å². The molecule has 19 heavy (non-hydrogen) atoms. The van der Waals surface area contributed by atoms with E-state index in [4.69, 9.17) is 0 Å². The van der Waals surface area contributed by atoms with Gasteiger partial charge in [-0.05, 0) is 49.9 Å². The van der Waals surface area contributed by atoms with Crippen molar-refractivity contribution in [2.24, 2.45) is 0 Å². The van der Waals surface area contributed by atoms with Crippen molar-refractivity contribution < 1.29 is 13.5 Å². The molecule has 0 saturated carbocycles. The van der Waals surface area contributed by atoms with Gasteiger partial charge in [-0.15, -0.1) is 0 Å². The first-order valence-corrected chi connectivity index (χ1v) is 7.01. The van der Waals surface area contributed by atoms with Gasteiger partial charge in [0.25, 0.3) is 0 Å². The molecule has 0 bridgehead atoms. The van der Waals surface area contributed by atoms with Crippen molar-refractivity contribution in [1.29, 1.82) is 0 Å². The second-order valence-corrected chi connectivity index (χ2v) is 5.06. The van der Waals surface area contributed by atoms with Crippen LogP contribution in [-0.2, 0) is 6.42 Å². The number of nitrogens with one attached hydrogen (secondary N) is 1. The van der Waals surface area contributed by atoms with E-state index in [1.54, 1.807) is 12.1 Å². The predicted octanol–water partition coefficient (Wildman–Crippen LogP) is 3.75. The zero-order valence-corrected chi connectivity index (χ0v) is 11.1. The molecular weight excluding hydrogens is 248 g/mol. The lowest BCUT2D eigenvalue weighted by Crippen LogP contribution is -2.28. The van der Waals surface area contributed by atoms with Crippen LogP contribution < -0.4 is 10.1 Å². The van der Waals surface area contributed by atoms with E-state index in [9.17, 15) is 8.78 Å². The van der Waals surface area contributed by atoms with Gasteiger partial charge in [0.05, 0.1) is 0 Å². The van der Waals surface area contributed by atoms with E-state index >= 15 is 0 Å². The summed E-state index contributed by atoms with van der Waals surface area (Å²) in [4.78, 5) is 0. The first-order valence-electron chi connectivity index (χ1n) is 7.01. The molecule has 1 unspecified atom stereocenters. The quantitative estimate of drug-likeness (QED) is 0.879. The summed E-state index contributed by atoms with van der Waals surface area (Å²) in [5.74, 6) is 0.228. The maximum atomic E-state index is 12.0. The summed E-state index contributed by atoms with van der Waals surface area (Å²) in [6, 6.07) is 7.56. The third kappa shape index (κ3) is 5.15. The molecule has 1 fully saturated rings. The number of alkyl halides is 2. The molecule has 0 aromatic heterocycles. The van der Waals surface area contributed by atoms with Crippen molar-refractivity contribution in [2.75, 3.05) is 6.54 Å². The number of rotatable bonds is 5. The first kappa shape index (κ1) is 14.3. The zero-order valence-electron chi connectivity index (χ0n) is 11.1. The molecule has 1 aliphatic heterocycles. The predicted molar refractivity (Wildman–Crippen MR) is 71.7 cm³/mol. The second-order valence-electron chi connectivity index (χ2n) is 5.06. The number of hydrogen-bond acceptors (Lipinski definition) is 2. The molecule has 1 aromatic carbocycles. The number of halogens is 2. The Morgan fingerprint density at radius 1 is 1.16 bits per heavy atom. The minimum absolute atomic E-state index is 0.228. The van der Waals surface area contributed by atoms with E-state index in [1.807, 2.05) is 12.1 Å². The third-order valence-electron chi connectivity index (χ3n) is 3.59. The standard InChI is InChI=1S/C15H21F2NO/c16-15(17)19-14-9-6-12(7-10-14)5-8-13-4-2-1-3-11-18-13/h6-7,9-10,13,15,18H,1-5,8,11H2. The topological polar surface area (TPSA) is 21.3 Å². The van der Waals surface area contributed by atoms with E-state index in [1.165, 1.54) is 31.2 Å². The summed E-state index contributed by atoms with van der Waals surface area (Å²) < 4.78 is 28.4. The summed E-state index contributed by atoms with van der Waals surface area (Å²) in [6.07, 6.45) is 7.23. The van der Waals surface area contributed by atoms with Crippen molar-refractivity contribution >= 4 is 0 Å². The van der Waals surface area contributed by atoms with Crippen molar-refractivity contribution in [2.45, 2.75) is 51.2 Å². The van der Waals surface area contributed by atoms with Crippen molar-refractivity contribution in [3.8, 4) is 5.75 Å². The normalized spacial score (nSPS) is 20.3. The van der Waals surface area contributed by atoms with Crippen LogP contribution in [0, 0.1) is 0 Å². The molecule has 2 nitrogen and oxygen atoms in total. The molecule has 1 saturated heterocycles. The Hall–Kier alpha value is -1.16. The summed E-state index contributed by atoms with van der Waals surface area (Å²) in [7, 11) is 0. The number of hydrogen-bond donors (Lipinski definition) is 1. The lowest BCUT2D eigenvalue weighted by molar-refractivity contribution is -0.0498. The van der Waals surface area contributed by atoms with Gasteiger partial charge in [0, 0.05) is 6.04 Å². The molecule has 1 atom stereocenters. The Kier molecular flexibility index (Phi) is 5.58. The highest BCUT2D eigenvalue weighted by Gasteiger charge is 2.11. The fourth-order valence-electron chi connectivity index (χ4n) is 2.53. The molecule has 2 rings (SSSR count). The highest BCUT2D eigenvalue weighted by Crippen LogP contribution is 2.18. The molecule has 0 aliphatic carbocycles. The number of benzene rings is 1. The Labute approximate surface area is 113 Å². The lowest BCUT2D eigenvalue weighted by Gasteiger charge is -2.15. The lowest BCUT2D eigenvalue weighted by atomic mass is 10.0. The van der Waals surface area contributed by atoms with Crippen LogP contribution in [-0.4, -0.2) is 19.2 Å². The average Bonchev–Trinajstić information content (AvgIpc) is 2.66. The van der Waals surface area contributed by atoms with Crippen LogP contribution in [0.15, 0.2) is 24.3 Å². The van der Waals surface area contributed by atoms with Gasteiger partial charge in [-0.2, -0.15) is 8.78 Å². The van der Waals surface area contributed by atoms with E-state index in [2.05, 4.69) is 10.1 Å². The van der Waals surface area contributed by atoms with E-state index in [0.717, 1.165) is 19.4 Å². The SMILES string of the molecule is FC(F)Oc1ccc(CCC2CCCCCN2)cc1. The minimum atomic E-state index is -2.75. The van der Waals surface area contributed by atoms with Crippen molar-refractivity contribution in [3.63, 3.8) is 0 Å². The number of aryl methyl sites for hydroxylation is 1. The largest absolute Gasteiger partial charge is 0.435 e. The molecular formula is C15H21F2NO. The van der Waals surface area contributed by atoms with Gasteiger partial charge in [-0.25, -0.2) is 0 Å². The zero-order chi connectivity index (χ0) is 13.5. The van der Waals surface area contributed by atoms with Gasteiger partial charge in [0.1, 0.15) is 5.75 Å². The summed E-state index contributed by atoms with van der Waals surface area (Å²) in [5.41, 5.74) is 1.17. The van der Waals surface area contributed by atoms with Gasteiger partial charge in [0.15, 0.2) is 0 Å². The summed E-state index contributed by atoms with van der Waals surface area (Å²) in [5, 5.41) is 3.57. The second kappa shape index (κ2) is 7.43. The fraction of sp³-hybridized carbons (Fsp3) is 0.600. The third-order valence-corrected chi connectivity index (χ3v) is 3.59. The van der Waals surface area contributed by atoms with E-state index in [-0.39, 0.29) is 5.75 Å².